The number of hydrogen-bond acceptors (Lipinski definition) is 5. The fourth-order valence-electron chi connectivity index (χ4n) is 2.57. The molecule has 2 aromatic rings. The molecule has 0 saturated heterocycles. The van der Waals surface area contributed by atoms with Gasteiger partial charge in [-0.05, 0) is 48.9 Å². The first-order valence-electron chi connectivity index (χ1n) is 8.38. The SMILES string of the molecule is C=C(NC)C(Nc1ccc(C(=N)N)cc1)c1ccc(OC)c(OCC)c1. The second-order valence-corrected chi connectivity index (χ2v) is 5.69. The summed E-state index contributed by atoms with van der Waals surface area (Å²) in [6, 6.07) is 13.0. The van der Waals surface area contributed by atoms with Gasteiger partial charge in [0, 0.05) is 24.0 Å². The highest BCUT2D eigenvalue weighted by molar-refractivity contribution is 5.95. The van der Waals surface area contributed by atoms with E-state index >= 15 is 0 Å². The van der Waals surface area contributed by atoms with Gasteiger partial charge in [0.2, 0.25) is 0 Å². The van der Waals surface area contributed by atoms with Crippen LogP contribution in [0.15, 0.2) is 54.7 Å². The van der Waals surface area contributed by atoms with Crippen molar-refractivity contribution in [3.63, 3.8) is 0 Å². The van der Waals surface area contributed by atoms with Crippen LogP contribution in [0.25, 0.3) is 0 Å². The van der Waals surface area contributed by atoms with E-state index in [4.69, 9.17) is 20.6 Å². The van der Waals surface area contributed by atoms with Crippen LogP contribution in [0.4, 0.5) is 5.69 Å². The lowest BCUT2D eigenvalue weighted by molar-refractivity contribution is 0.310. The Bertz CT molecular complexity index is 772. The van der Waals surface area contributed by atoms with Gasteiger partial charge in [-0.25, -0.2) is 0 Å². The molecule has 0 radical (unpaired) electrons. The number of rotatable bonds is 9. The van der Waals surface area contributed by atoms with E-state index < -0.39 is 0 Å². The summed E-state index contributed by atoms with van der Waals surface area (Å²) in [5.74, 6) is 1.43. The minimum absolute atomic E-state index is 0.0456. The Morgan fingerprint density at radius 1 is 1.19 bits per heavy atom. The molecule has 0 heterocycles. The van der Waals surface area contributed by atoms with Crippen molar-refractivity contribution in [1.29, 1.82) is 5.41 Å². The topological polar surface area (TPSA) is 92.4 Å². The summed E-state index contributed by atoms with van der Waals surface area (Å²) in [7, 11) is 3.46. The van der Waals surface area contributed by atoms with Crippen LogP contribution < -0.4 is 25.8 Å². The smallest absolute Gasteiger partial charge is 0.161 e. The molecular formula is C20H26N4O2. The zero-order valence-corrected chi connectivity index (χ0v) is 15.4. The third kappa shape index (κ3) is 4.47. The van der Waals surface area contributed by atoms with E-state index in [2.05, 4.69) is 17.2 Å². The minimum Gasteiger partial charge on any atom is -0.493 e. The Kier molecular flexibility index (Phi) is 6.49. The molecule has 1 unspecified atom stereocenters. The van der Waals surface area contributed by atoms with Gasteiger partial charge in [0.05, 0.1) is 19.8 Å². The quantitative estimate of drug-likeness (QED) is 0.410. The zero-order valence-electron chi connectivity index (χ0n) is 15.4. The summed E-state index contributed by atoms with van der Waals surface area (Å²) in [5.41, 5.74) is 8.89. The summed E-state index contributed by atoms with van der Waals surface area (Å²) in [5, 5.41) is 14.0. The van der Waals surface area contributed by atoms with E-state index in [1.165, 1.54) is 0 Å². The standard InChI is InChI=1S/C20H26N4O2/c1-5-26-18-12-15(8-11-17(18)25-4)19(13(2)23-3)24-16-9-6-14(7-10-16)20(21)22/h6-12,19,23-24H,2,5H2,1,3-4H3,(H3,21,22). The first-order chi connectivity index (χ1) is 12.5. The van der Waals surface area contributed by atoms with Crippen LogP contribution in [0.5, 0.6) is 11.5 Å². The molecule has 1 atom stereocenters. The zero-order chi connectivity index (χ0) is 19.1. The van der Waals surface area contributed by atoms with Crippen molar-refractivity contribution in [2.75, 3.05) is 26.1 Å². The predicted octanol–water partition coefficient (Wildman–Crippen LogP) is 3.26. The number of nitrogen functional groups attached to an aromatic ring is 1. The van der Waals surface area contributed by atoms with Crippen LogP contribution in [-0.2, 0) is 0 Å². The van der Waals surface area contributed by atoms with Gasteiger partial charge in [-0.1, -0.05) is 12.6 Å². The number of ether oxygens (including phenoxy) is 2. The Balaban J connectivity index is 2.34. The molecule has 2 aromatic carbocycles. The van der Waals surface area contributed by atoms with E-state index in [0.29, 0.717) is 23.7 Å². The van der Waals surface area contributed by atoms with E-state index in [1.54, 1.807) is 7.11 Å². The molecule has 0 aliphatic carbocycles. The molecule has 0 aromatic heterocycles. The Hall–Kier alpha value is -3.15. The third-order valence-corrected chi connectivity index (χ3v) is 4.00. The van der Waals surface area contributed by atoms with E-state index in [9.17, 15) is 0 Å². The average Bonchev–Trinajstić information content (AvgIpc) is 2.66. The van der Waals surface area contributed by atoms with Crippen molar-refractivity contribution in [2.24, 2.45) is 5.73 Å². The first kappa shape index (κ1) is 19.2. The maximum Gasteiger partial charge on any atom is 0.161 e. The van der Waals surface area contributed by atoms with Crippen LogP contribution in [0.1, 0.15) is 24.1 Å². The summed E-state index contributed by atoms with van der Waals surface area (Å²) in [4.78, 5) is 0. The number of nitrogens with one attached hydrogen (secondary N) is 3. The second-order valence-electron chi connectivity index (χ2n) is 5.69. The van der Waals surface area contributed by atoms with Crippen LogP contribution in [0.3, 0.4) is 0 Å². The molecule has 2 rings (SSSR count). The van der Waals surface area contributed by atoms with E-state index in [-0.39, 0.29) is 11.9 Å². The summed E-state index contributed by atoms with van der Waals surface area (Å²) >= 11 is 0. The van der Waals surface area contributed by atoms with Gasteiger partial charge in [0.1, 0.15) is 5.84 Å². The van der Waals surface area contributed by atoms with Gasteiger partial charge >= 0.3 is 0 Å². The van der Waals surface area contributed by atoms with Crippen molar-refractivity contribution in [3.8, 4) is 11.5 Å². The average molecular weight is 354 g/mol. The second kappa shape index (κ2) is 8.80. The molecule has 0 aliphatic rings. The predicted molar refractivity (Wildman–Crippen MR) is 106 cm³/mol. The van der Waals surface area contributed by atoms with Crippen LogP contribution >= 0.6 is 0 Å². The number of anilines is 1. The molecule has 0 bridgehead atoms. The lowest BCUT2D eigenvalue weighted by atomic mass is 10.0. The molecule has 26 heavy (non-hydrogen) atoms. The molecule has 0 fully saturated rings. The number of amidine groups is 1. The fourth-order valence-corrected chi connectivity index (χ4v) is 2.57. The molecule has 0 spiro atoms. The van der Waals surface area contributed by atoms with Crippen molar-refractivity contribution >= 4 is 11.5 Å². The largest absolute Gasteiger partial charge is 0.493 e. The van der Waals surface area contributed by atoms with Crippen molar-refractivity contribution in [1.82, 2.24) is 5.32 Å². The Morgan fingerprint density at radius 2 is 1.88 bits per heavy atom. The summed E-state index contributed by atoms with van der Waals surface area (Å²) < 4.78 is 11.0. The Labute approximate surface area is 154 Å². The van der Waals surface area contributed by atoms with Crippen molar-refractivity contribution in [3.05, 3.63) is 65.9 Å². The molecule has 138 valence electrons. The number of hydrogen-bond donors (Lipinski definition) is 4. The summed E-state index contributed by atoms with van der Waals surface area (Å²) in [6.45, 7) is 6.60. The highest BCUT2D eigenvalue weighted by atomic mass is 16.5. The molecule has 6 heteroatoms. The van der Waals surface area contributed by atoms with Crippen molar-refractivity contribution in [2.45, 2.75) is 13.0 Å². The number of benzene rings is 2. The third-order valence-electron chi connectivity index (χ3n) is 4.00. The molecule has 0 aliphatic heterocycles. The maximum atomic E-state index is 7.49. The lowest BCUT2D eigenvalue weighted by Gasteiger charge is -2.24. The number of nitrogens with two attached hydrogens (primary N) is 1. The van der Waals surface area contributed by atoms with Gasteiger partial charge in [0.25, 0.3) is 0 Å². The Morgan fingerprint density at radius 3 is 2.42 bits per heavy atom. The van der Waals surface area contributed by atoms with Crippen LogP contribution in [-0.4, -0.2) is 26.6 Å². The summed E-state index contributed by atoms with van der Waals surface area (Å²) in [6.07, 6.45) is 0. The minimum atomic E-state index is -0.173. The fraction of sp³-hybridized carbons (Fsp3) is 0.250. The number of likely N-dealkylation sites (N-methyl/N-ethyl adjacent to an activating group) is 1. The molecule has 5 N–H and O–H groups in total. The molecule has 0 amide bonds. The lowest BCUT2D eigenvalue weighted by Crippen LogP contribution is -2.21. The molecule has 0 saturated carbocycles. The van der Waals surface area contributed by atoms with Crippen molar-refractivity contribution < 1.29 is 9.47 Å². The number of methoxy groups -OCH3 is 1. The van der Waals surface area contributed by atoms with Gasteiger partial charge in [-0.15, -0.1) is 0 Å². The van der Waals surface area contributed by atoms with Gasteiger partial charge in [-0.2, -0.15) is 0 Å². The van der Waals surface area contributed by atoms with Gasteiger partial charge < -0.3 is 25.8 Å². The van der Waals surface area contributed by atoms with E-state index in [0.717, 1.165) is 16.9 Å². The van der Waals surface area contributed by atoms with E-state index in [1.807, 2.05) is 56.4 Å². The highest BCUT2D eigenvalue weighted by Crippen LogP contribution is 2.33. The van der Waals surface area contributed by atoms with Crippen LogP contribution in [0, 0.1) is 5.41 Å². The monoisotopic (exact) mass is 354 g/mol. The first-order valence-corrected chi connectivity index (χ1v) is 8.38. The maximum absolute atomic E-state index is 7.49. The highest BCUT2D eigenvalue weighted by Gasteiger charge is 2.17. The normalized spacial score (nSPS) is 11.3. The molecular weight excluding hydrogens is 328 g/mol. The van der Waals surface area contributed by atoms with Gasteiger partial charge in [-0.3, -0.25) is 5.41 Å². The van der Waals surface area contributed by atoms with Gasteiger partial charge in [0.15, 0.2) is 11.5 Å². The van der Waals surface area contributed by atoms with Crippen LogP contribution in [0.2, 0.25) is 0 Å². The molecule has 6 nitrogen and oxygen atoms in total.